The number of likely N-dealkylation sites (tertiary alicyclic amines) is 1. The predicted octanol–water partition coefficient (Wildman–Crippen LogP) is 2.22. The zero-order valence-corrected chi connectivity index (χ0v) is 18.8. The number of ether oxygens (including phenoxy) is 1. The minimum absolute atomic E-state index is 0.254. The van der Waals surface area contributed by atoms with Crippen molar-refractivity contribution >= 4 is 22.8 Å². The first-order chi connectivity index (χ1) is 15.6. The molecular formula is C23H32N8O. The number of nitrogens with zero attached hydrogens (tertiary/aromatic N) is 5. The number of hydrogen-bond donors (Lipinski definition) is 3. The number of methoxy groups -OCH3 is 1. The quantitative estimate of drug-likeness (QED) is 0.439. The van der Waals surface area contributed by atoms with Gasteiger partial charge < -0.3 is 21.1 Å². The third-order valence-electron chi connectivity index (χ3n) is 6.56. The summed E-state index contributed by atoms with van der Waals surface area (Å²) < 4.78 is 7.69. The molecule has 2 aliphatic heterocycles. The van der Waals surface area contributed by atoms with Gasteiger partial charge in [0, 0.05) is 43.8 Å². The van der Waals surface area contributed by atoms with Crippen molar-refractivity contribution in [2.45, 2.75) is 51.4 Å². The van der Waals surface area contributed by atoms with Crippen molar-refractivity contribution in [3.05, 3.63) is 35.5 Å². The van der Waals surface area contributed by atoms with Crippen LogP contribution in [0.1, 0.15) is 37.3 Å². The van der Waals surface area contributed by atoms with Gasteiger partial charge in [-0.05, 0) is 24.5 Å². The van der Waals surface area contributed by atoms with E-state index < -0.39 is 0 Å². The van der Waals surface area contributed by atoms with Crippen molar-refractivity contribution in [1.29, 1.82) is 0 Å². The van der Waals surface area contributed by atoms with Crippen LogP contribution in [0.5, 0.6) is 5.75 Å². The van der Waals surface area contributed by atoms with Gasteiger partial charge >= 0.3 is 0 Å². The monoisotopic (exact) mass is 436 g/mol. The molecule has 4 N–H and O–H groups in total. The molecule has 0 amide bonds. The first-order valence-electron chi connectivity index (χ1n) is 11.5. The number of nitrogen functional groups attached to an aromatic ring is 1. The summed E-state index contributed by atoms with van der Waals surface area (Å²) in [4.78, 5) is 11.4. The zero-order chi connectivity index (χ0) is 22.1. The van der Waals surface area contributed by atoms with Crippen molar-refractivity contribution in [2.75, 3.05) is 37.8 Å². The summed E-state index contributed by atoms with van der Waals surface area (Å²) in [5.41, 5.74) is 9.87. The second-order valence-electron chi connectivity index (χ2n) is 8.82. The third-order valence-corrected chi connectivity index (χ3v) is 6.56. The van der Waals surface area contributed by atoms with Crippen molar-refractivity contribution in [3.63, 3.8) is 0 Å². The SMILES string of the molecule is CCCCNc1nc(N)nc2cnn(Cc3ccc(CN4C[C@@H]5C[C@H]4CN5)cc3OC)c12. The second-order valence-corrected chi connectivity index (χ2v) is 8.82. The molecule has 2 atom stereocenters. The Morgan fingerprint density at radius 1 is 1.28 bits per heavy atom. The first kappa shape index (κ1) is 21.0. The molecule has 2 bridgehead atoms. The summed E-state index contributed by atoms with van der Waals surface area (Å²) >= 11 is 0. The fraction of sp³-hybridized carbons (Fsp3) is 0.522. The lowest BCUT2D eigenvalue weighted by molar-refractivity contribution is 0.217. The Morgan fingerprint density at radius 3 is 2.94 bits per heavy atom. The molecule has 1 aromatic carbocycles. The maximum Gasteiger partial charge on any atom is 0.222 e. The van der Waals surface area contributed by atoms with Gasteiger partial charge in [-0.15, -0.1) is 0 Å². The Labute approximate surface area is 188 Å². The van der Waals surface area contributed by atoms with Gasteiger partial charge in [0.25, 0.3) is 0 Å². The topological polar surface area (TPSA) is 106 Å². The Balaban J connectivity index is 1.38. The molecule has 2 saturated heterocycles. The lowest BCUT2D eigenvalue weighted by Gasteiger charge is -2.27. The maximum absolute atomic E-state index is 5.92. The van der Waals surface area contributed by atoms with Crippen molar-refractivity contribution in [1.82, 2.24) is 30.0 Å². The van der Waals surface area contributed by atoms with Gasteiger partial charge in [-0.25, -0.2) is 4.98 Å². The number of rotatable bonds is 9. The first-order valence-corrected chi connectivity index (χ1v) is 11.5. The summed E-state index contributed by atoms with van der Waals surface area (Å²) in [5, 5.41) is 11.5. The number of aromatic nitrogens is 4. The van der Waals surface area contributed by atoms with Crippen molar-refractivity contribution < 1.29 is 4.74 Å². The molecule has 0 radical (unpaired) electrons. The third kappa shape index (κ3) is 4.10. The van der Waals surface area contributed by atoms with Crippen LogP contribution >= 0.6 is 0 Å². The van der Waals surface area contributed by atoms with Crippen LogP contribution in [0.3, 0.4) is 0 Å². The molecule has 0 aliphatic carbocycles. The van der Waals surface area contributed by atoms with Crippen LogP contribution in [0, 0.1) is 0 Å². The standard InChI is InChI=1S/C23H32N8O/c1-3-4-7-25-22-21-19(28-23(24)29-22)11-27-31(21)13-16-6-5-15(8-20(16)32-2)12-30-14-17-9-18(30)10-26-17/h5-6,8,11,17-18,26H,3-4,7,9-10,12-14H2,1-2H3,(H3,24,25,28,29)/t17-,18-/m0/s1. The number of anilines is 2. The number of fused-ring (bicyclic) bond motifs is 3. The van der Waals surface area contributed by atoms with Gasteiger partial charge in [0.2, 0.25) is 5.95 Å². The number of hydrogen-bond acceptors (Lipinski definition) is 8. The lowest BCUT2D eigenvalue weighted by Crippen LogP contribution is -2.42. The molecule has 0 saturated carbocycles. The van der Waals surface area contributed by atoms with Crippen LogP contribution < -0.4 is 21.1 Å². The van der Waals surface area contributed by atoms with Gasteiger partial charge in [0.05, 0.1) is 19.9 Å². The van der Waals surface area contributed by atoms with E-state index in [0.717, 1.165) is 67.2 Å². The van der Waals surface area contributed by atoms with Crippen molar-refractivity contribution in [2.24, 2.45) is 0 Å². The van der Waals surface area contributed by atoms with E-state index in [1.165, 1.54) is 12.0 Å². The van der Waals surface area contributed by atoms with E-state index in [2.05, 4.69) is 55.7 Å². The fourth-order valence-corrected chi connectivity index (χ4v) is 4.90. The van der Waals surface area contributed by atoms with Crippen LogP contribution in [-0.2, 0) is 13.1 Å². The van der Waals surface area contributed by atoms with E-state index in [1.54, 1.807) is 13.3 Å². The van der Waals surface area contributed by atoms with Crippen LogP contribution in [0.25, 0.3) is 11.0 Å². The molecule has 2 fully saturated rings. The Morgan fingerprint density at radius 2 is 2.19 bits per heavy atom. The van der Waals surface area contributed by atoms with Gasteiger partial charge in [-0.3, -0.25) is 9.58 Å². The normalized spacial score (nSPS) is 20.3. The number of unbranched alkanes of at least 4 members (excludes halogenated alkanes) is 1. The minimum atomic E-state index is 0.254. The minimum Gasteiger partial charge on any atom is -0.496 e. The number of nitrogens with two attached hydrogens (primary N) is 1. The highest BCUT2D eigenvalue weighted by molar-refractivity contribution is 5.86. The van der Waals surface area contributed by atoms with Gasteiger partial charge in [0.15, 0.2) is 5.82 Å². The fourth-order valence-electron chi connectivity index (χ4n) is 4.90. The van der Waals surface area contributed by atoms with E-state index >= 15 is 0 Å². The summed E-state index contributed by atoms with van der Waals surface area (Å²) in [6, 6.07) is 7.84. The summed E-state index contributed by atoms with van der Waals surface area (Å²) in [6.45, 7) is 6.76. The Kier molecular flexibility index (Phi) is 5.84. The molecule has 9 nitrogen and oxygen atoms in total. The summed E-state index contributed by atoms with van der Waals surface area (Å²) in [5.74, 6) is 1.86. The van der Waals surface area contributed by atoms with E-state index in [0.29, 0.717) is 18.6 Å². The average Bonchev–Trinajstić information content (AvgIpc) is 3.51. The molecule has 9 heteroatoms. The van der Waals surface area contributed by atoms with E-state index in [1.807, 2.05) is 4.68 Å². The Bertz CT molecular complexity index is 1100. The summed E-state index contributed by atoms with van der Waals surface area (Å²) in [7, 11) is 1.73. The van der Waals surface area contributed by atoms with Gasteiger partial charge in [0.1, 0.15) is 16.8 Å². The maximum atomic E-state index is 5.92. The molecule has 0 unspecified atom stereocenters. The molecule has 170 valence electrons. The van der Waals surface area contributed by atoms with E-state index in [9.17, 15) is 0 Å². The van der Waals surface area contributed by atoms with Crippen LogP contribution in [0.2, 0.25) is 0 Å². The highest BCUT2D eigenvalue weighted by Gasteiger charge is 2.37. The van der Waals surface area contributed by atoms with E-state index in [-0.39, 0.29) is 5.95 Å². The molecule has 2 aliphatic rings. The van der Waals surface area contributed by atoms with Gasteiger partial charge in [-0.1, -0.05) is 25.5 Å². The smallest absolute Gasteiger partial charge is 0.222 e. The number of nitrogens with one attached hydrogen (secondary N) is 2. The predicted molar refractivity (Wildman–Crippen MR) is 126 cm³/mol. The Hall–Kier alpha value is -2.91. The van der Waals surface area contributed by atoms with Crippen molar-refractivity contribution in [3.8, 4) is 5.75 Å². The molecule has 2 aromatic heterocycles. The van der Waals surface area contributed by atoms with Gasteiger partial charge in [-0.2, -0.15) is 10.1 Å². The molecule has 3 aromatic rings. The van der Waals surface area contributed by atoms with Crippen LogP contribution in [0.15, 0.2) is 24.4 Å². The molecule has 32 heavy (non-hydrogen) atoms. The van der Waals surface area contributed by atoms with E-state index in [4.69, 9.17) is 10.5 Å². The largest absolute Gasteiger partial charge is 0.496 e. The molecule has 5 rings (SSSR count). The number of benzene rings is 1. The summed E-state index contributed by atoms with van der Waals surface area (Å²) in [6.07, 6.45) is 5.18. The average molecular weight is 437 g/mol. The molecular weight excluding hydrogens is 404 g/mol. The molecule has 4 heterocycles. The van der Waals surface area contributed by atoms with Crippen LogP contribution in [0.4, 0.5) is 11.8 Å². The highest BCUT2D eigenvalue weighted by atomic mass is 16.5. The lowest BCUT2D eigenvalue weighted by atomic mass is 10.1. The molecule has 0 spiro atoms. The second kappa shape index (κ2) is 8.91. The zero-order valence-electron chi connectivity index (χ0n) is 18.8. The van der Waals surface area contributed by atoms with Crippen LogP contribution in [-0.4, -0.2) is 63.5 Å². The number of piperazine rings is 1. The highest BCUT2D eigenvalue weighted by Crippen LogP contribution is 2.29.